The number of nitrogens with one attached hydrogen (secondary N) is 2. The third-order valence-electron chi connectivity index (χ3n) is 2.07. The molecule has 0 fully saturated rings. The molecule has 0 bridgehead atoms. The molecule has 0 saturated carbocycles. The molecule has 7 heteroatoms. The van der Waals surface area contributed by atoms with Crippen LogP contribution in [0.4, 0.5) is 5.69 Å². The molecular weight excluding hydrogens is 208 g/mol. The highest BCUT2D eigenvalue weighted by molar-refractivity contribution is 5.96. The van der Waals surface area contributed by atoms with Crippen LogP contribution in [0.5, 0.6) is 0 Å². The summed E-state index contributed by atoms with van der Waals surface area (Å²) in [6.07, 6.45) is 3.21. The number of nitrogen functional groups attached to an aromatic ring is 1. The average Bonchev–Trinajstić information content (AvgIpc) is 2.84. The lowest BCUT2D eigenvalue weighted by molar-refractivity contribution is 0.0945. The van der Waals surface area contributed by atoms with E-state index < -0.39 is 0 Å². The van der Waals surface area contributed by atoms with E-state index in [0.717, 1.165) is 5.69 Å². The van der Waals surface area contributed by atoms with Crippen LogP contribution in [0, 0.1) is 0 Å². The van der Waals surface area contributed by atoms with Crippen molar-refractivity contribution in [1.29, 1.82) is 0 Å². The van der Waals surface area contributed by atoms with Crippen LogP contribution in [0.25, 0.3) is 0 Å². The van der Waals surface area contributed by atoms with Gasteiger partial charge in [0.05, 0.1) is 17.9 Å². The third-order valence-corrected chi connectivity index (χ3v) is 2.07. The van der Waals surface area contributed by atoms with Gasteiger partial charge in [-0.05, 0) is 6.07 Å². The van der Waals surface area contributed by atoms with E-state index in [9.17, 15) is 4.79 Å². The van der Waals surface area contributed by atoms with E-state index in [1.165, 1.54) is 4.68 Å². The molecule has 0 atom stereocenters. The first kappa shape index (κ1) is 10.2. The van der Waals surface area contributed by atoms with Gasteiger partial charge >= 0.3 is 0 Å². The number of amides is 1. The average molecular weight is 220 g/mol. The van der Waals surface area contributed by atoms with Gasteiger partial charge in [0.1, 0.15) is 0 Å². The number of aryl methyl sites for hydroxylation is 1. The van der Waals surface area contributed by atoms with Crippen molar-refractivity contribution in [3.05, 3.63) is 29.8 Å². The molecule has 16 heavy (non-hydrogen) atoms. The molecule has 0 saturated heterocycles. The Kier molecular flexibility index (Phi) is 2.59. The van der Waals surface area contributed by atoms with Crippen LogP contribution in [-0.4, -0.2) is 25.9 Å². The summed E-state index contributed by atoms with van der Waals surface area (Å²) in [6.45, 7) is 0.370. The summed E-state index contributed by atoms with van der Waals surface area (Å²) in [7, 11) is 1.71. The number of hydrogen-bond acceptors (Lipinski definition) is 4. The van der Waals surface area contributed by atoms with Gasteiger partial charge < -0.3 is 11.1 Å². The fourth-order valence-corrected chi connectivity index (χ4v) is 1.33. The Morgan fingerprint density at radius 1 is 1.69 bits per heavy atom. The van der Waals surface area contributed by atoms with Crippen LogP contribution >= 0.6 is 0 Å². The van der Waals surface area contributed by atoms with Crippen molar-refractivity contribution in [3.63, 3.8) is 0 Å². The van der Waals surface area contributed by atoms with Gasteiger partial charge in [0, 0.05) is 19.4 Å². The lowest BCUT2D eigenvalue weighted by Crippen LogP contribution is -2.24. The molecule has 7 nitrogen and oxygen atoms in total. The Hall–Kier alpha value is -2.31. The van der Waals surface area contributed by atoms with Gasteiger partial charge in [0.2, 0.25) is 0 Å². The largest absolute Gasteiger partial charge is 0.396 e. The zero-order chi connectivity index (χ0) is 11.5. The van der Waals surface area contributed by atoms with E-state index in [4.69, 9.17) is 5.73 Å². The maximum absolute atomic E-state index is 11.7. The minimum Gasteiger partial charge on any atom is -0.396 e. The molecule has 0 radical (unpaired) electrons. The van der Waals surface area contributed by atoms with Crippen LogP contribution in [0.1, 0.15) is 16.2 Å². The van der Waals surface area contributed by atoms with E-state index in [2.05, 4.69) is 20.6 Å². The van der Waals surface area contributed by atoms with Gasteiger partial charge in [0.25, 0.3) is 5.91 Å². The summed E-state index contributed by atoms with van der Waals surface area (Å²) >= 11 is 0. The maximum Gasteiger partial charge on any atom is 0.274 e. The molecule has 84 valence electrons. The molecule has 0 spiro atoms. The van der Waals surface area contributed by atoms with Crippen molar-refractivity contribution in [1.82, 2.24) is 25.3 Å². The summed E-state index contributed by atoms with van der Waals surface area (Å²) in [5, 5.41) is 13.2. The Bertz CT molecular complexity index is 486. The monoisotopic (exact) mass is 220 g/mol. The van der Waals surface area contributed by atoms with Gasteiger partial charge in [-0.15, -0.1) is 0 Å². The Labute approximate surface area is 91.6 Å². The number of nitrogens with zero attached hydrogens (tertiary/aromatic N) is 3. The number of aromatic nitrogens is 4. The summed E-state index contributed by atoms with van der Waals surface area (Å²) in [5.74, 6) is -0.298. The van der Waals surface area contributed by atoms with Gasteiger partial charge in [-0.1, -0.05) is 0 Å². The summed E-state index contributed by atoms with van der Waals surface area (Å²) in [6, 6.07) is 1.78. The van der Waals surface area contributed by atoms with Crippen molar-refractivity contribution in [2.75, 3.05) is 5.73 Å². The molecule has 0 aliphatic heterocycles. The van der Waals surface area contributed by atoms with Crippen LogP contribution in [0.2, 0.25) is 0 Å². The van der Waals surface area contributed by atoms with Crippen molar-refractivity contribution in [2.24, 2.45) is 7.05 Å². The smallest absolute Gasteiger partial charge is 0.274 e. The summed E-state index contributed by atoms with van der Waals surface area (Å²) in [5.41, 5.74) is 7.05. The minimum atomic E-state index is -0.298. The molecule has 0 aliphatic rings. The number of carbonyl (C=O) groups excluding carboxylic acids is 1. The predicted octanol–water partition coefficient (Wildman–Crippen LogP) is -0.345. The van der Waals surface area contributed by atoms with Gasteiger partial charge in [-0.2, -0.15) is 10.2 Å². The van der Waals surface area contributed by atoms with E-state index in [0.29, 0.717) is 12.2 Å². The number of anilines is 1. The van der Waals surface area contributed by atoms with Gasteiger partial charge in [-0.25, -0.2) is 0 Å². The number of hydrogen-bond donors (Lipinski definition) is 3. The quantitative estimate of drug-likeness (QED) is 0.658. The maximum atomic E-state index is 11.7. The van der Waals surface area contributed by atoms with Crippen molar-refractivity contribution < 1.29 is 4.79 Å². The molecule has 4 N–H and O–H groups in total. The highest BCUT2D eigenvalue weighted by Crippen LogP contribution is 2.07. The van der Waals surface area contributed by atoms with E-state index in [1.807, 2.05) is 0 Å². The van der Waals surface area contributed by atoms with E-state index in [1.54, 1.807) is 25.5 Å². The Balaban J connectivity index is 2.01. The van der Waals surface area contributed by atoms with Gasteiger partial charge in [-0.3, -0.25) is 14.6 Å². The first-order valence-corrected chi connectivity index (χ1v) is 4.72. The van der Waals surface area contributed by atoms with Crippen molar-refractivity contribution >= 4 is 11.6 Å². The normalized spacial score (nSPS) is 10.3. The SMILES string of the molecule is Cn1cc(N)c(C(=O)NCc2ccn[nH]2)n1. The first-order valence-electron chi connectivity index (χ1n) is 4.72. The molecule has 1 amide bonds. The highest BCUT2D eigenvalue weighted by Gasteiger charge is 2.13. The Morgan fingerprint density at radius 2 is 2.50 bits per heavy atom. The number of H-pyrrole nitrogens is 1. The first-order chi connectivity index (χ1) is 7.66. The second kappa shape index (κ2) is 4.05. The standard InChI is InChI=1S/C9H12N6O/c1-15-5-7(10)8(14-15)9(16)11-4-6-2-3-12-13-6/h2-3,5H,4,10H2,1H3,(H,11,16)(H,12,13). The van der Waals surface area contributed by atoms with Crippen LogP contribution in [0.15, 0.2) is 18.5 Å². The molecule has 0 aromatic carbocycles. The molecule has 2 heterocycles. The molecule has 2 aromatic rings. The minimum absolute atomic E-state index is 0.238. The number of carbonyl (C=O) groups is 1. The second-order valence-corrected chi connectivity index (χ2v) is 3.37. The highest BCUT2D eigenvalue weighted by atomic mass is 16.2. The molecule has 0 unspecified atom stereocenters. The van der Waals surface area contributed by atoms with E-state index in [-0.39, 0.29) is 11.6 Å². The zero-order valence-electron chi connectivity index (χ0n) is 8.77. The number of rotatable bonds is 3. The Morgan fingerprint density at radius 3 is 3.06 bits per heavy atom. The van der Waals surface area contributed by atoms with Crippen molar-refractivity contribution in [2.45, 2.75) is 6.54 Å². The van der Waals surface area contributed by atoms with Crippen LogP contribution in [0.3, 0.4) is 0 Å². The molecule has 0 aliphatic carbocycles. The third kappa shape index (κ3) is 2.02. The lowest BCUT2D eigenvalue weighted by Gasteiger charge is -2.01. The van der Waals surface area contributed by atoms with Crippen LogP contribution in [-0.2, 0) is 13.6 Å². The summed E-state index contributed by atoms with van der Waals surface area (Å²) in [4.78, 5) is 11.7. The predicted molar refractivity (Wildman–Crippen MR) is 57.4 cm³/mol. The number of aromatic amines is 1. The topological polar surface area (TPSA) is 102 Å². The fraction of sp³-hybridized carbons (Fsp3) is 0.222. The van der Waals surface area contributed by atoms with E-state index >= 15 is 0 Å². The fourth-order valence-electron chi connectivity index (χ4n) is 1.33. The molecule has 2 aromatic heterocycles. The number of nitrogens with two attached hydrogens (primary N) is 1. The summed E-state index contributed by atoms with van der Waals surface area (Å²) < 4.78 is 1.50. The van der Waals surface area contributed by atoms with Gasteiger partial charge in [0.15, 0.2) is 5.69 Å². The lowest BCUT2D eigenvalue weighted by atomic mass is 10.3. The van der Waals surface area contributed by atoms with Crippen molar-refractivity contribution in [3.8, 4) is 0 Å². The van der Waals surface area contributed by atoms with Crippen LogP contribution < -0.4 is 11.1 Å². The molecular formula is C9H12N6O. The molecule has 2 rings (SSSR count). The second-order valence-electron chi connectivity index (χ2n) is 3.37. The zero-order valence-corrected chi connectivity index (χ0v) is 8.77.